The summed E-state index contributed by atoms with van der Waals surface area (Å²) in [5.41, 5.74) is 0.293. The van der Waals surface area contributed by atoms with Gasteiger partial charge in [-0.3, -0.25) is 4.68 Å². The summed E-state index contributed by atoms with van der Waals surface area (Å²) in [6.45, 7) is 0. The van der Waals surface area contributed by atoms with Crippen molar-refractivity contribution in [1.29, 1.82) is 0 Å². The number of aliphatic hydroxyl groups is 1. The lowest BCUT2D eigenvalue weighted by molar-refractivity contribution is -0.203. The van der Waals surface area contributed by atoms with Crippen LogP contribution < -0.4 is 0 Å². The summed E-state index contributed by atoms with van der Waals surface area (Å²) < 4.78 is 38.2. The van der Waals surface area contributed by atoms with Crippen LogP contribution in [-0.2, 0) is 6.42 Å². The van der Waals surface area contributed by atoms with Crippen LogP contribution in [0.4, 0.5) is 13.2 Å². The Morgan fingerprint density at radius 1 is 1.41 bits per heavy atom. The van der Waals surface area contributed by atoms with Crippen molar-refractivity contribution in [3.8, 4) is 0 Å². The number of alkyl halides is 3. The lowest BCUT2D eigenvalue weighted by atomic mass is 10.2. The van der Waals surface area contributed by atoms with E-state index < -0.39 is 18.7 Å². The molecule has 3 nitrogen and oxygen atoms in total. The fourth-order valence-electron chi connectivity index (χ4n) is 2.17. The highest BCUT2D eigenvalue weighted by Crippen LogP contribution is 2.29. The van der Waals surface area contributed by atoms with E-state index >= 15 is 0 Å². The molecule has 1 fully saturated rings. The van der Waals surface area contributed by atoms with Crippen molar-refractivity contribution in [2.45, 2.75) is 50.4 Å². The molecule has 1 N–H and O–H groups in total. The second-order valence-corrected chi connectivity index (χ2v) is 4.49. The van der Waals surface area contributed by atoms with Gasteiger partial charge in [0, 0.05) is 12.6 Å². The van der Waals surface area contributed by atoms with E-state index in [1.165, 1.54) is 0 Å². The zero-order chi connectivity index (χ0) is 12.5. The summed E-state index contributed by atoms with van der Waals surface area (Å²) in [4.78, 5) is 0. The lowest BCUT2D eigenvalue weighted by Gasteiger charge is -2.13. The van der Waals surface area contributed by atoms with Gasteiger partial charge in [0.2, 0.25) is 0 Å². The maximum atomic E-state index is 12.2. The molecular formula is C11H15F3N2O. The maximum Gasteiger partial charge on any atom is 0.414 e. The smallest absolute Gasteiger partial charge is 0.383 e. The highest BCUT2D eigenvalue weighted by atomic mass is 19.4. The van der Waals surface area contributed by atoms with Gasteiger partial charge in [-0.15, -0.1) is 0 Å². The standard InChI is InChI=1S/C11H15F3N2O/c12-11(13,14)10(17)7-8-5-6-16(15-8)9-3-1-2-4-9/h5-6,9-10,17H,1-4,7H2/t10-/m1/s1. The molecule has 0 bridgehead atoms. The van der Waals surface area contributed by atoms with Gasteiger partial charge in [-0.1, -0.05) is 12.8 Å². The van der Waals surface area contributed by atoms with Crippen molar-refractivity contribution >= 4 is 0 Å². The summed E-state index contributed by atoms with van der Waals surface area (Å²) in [7, 11) is 0. The van der Waals surface area contributed by atoms with Crippen molar-refractivity contribution in [3.05, 3.63) is 18.0 Å². The normalized spacial score (nSPS) is 19.8. The molecular weight excluding hydrogens is 233 g/mol. The number of halogens is 3. The largest absolute Gasteiger partial charge is 0.414 e. The SMILES string of the molecule is O[C@H](Cc1ccn(C2CCCC2)n1)C(F)(F)F. The van der Waals surface area contributed by atoms with Gasteiger partial charge in [-0.2, -0.15) is 18.3 Å². The van der Waals surface area contributed by atoms with Crippen molar-refractivity contribution in [2.75, 3.05) is 0 Å². The minimum absolute atomic E-state index is 0.293. The molecule has 1 heterocycles. The number of aliphatic hydroxyl groups excluding tert-OH is 1. The van der Waals surface area contributed by atoms with E-state index in [-0.39, 0.29) is 0 Å². The molecule has 17 heavy (non-hydrogen) atoms. The molecule has 1 aliphatic carbocycles. The van der Waals surface area contributed by atoms with Crippen LogP contribution in [0, 0.1) is 0 Å². The molecule has 2 rings (SSSR count). The third-order valence-corrected chi connectivity index (χ3v) is 3.14. The van der Waals surface area contributed by atoms with Crippen LogP contribution >= 0.6 is 0 Å². The minimum atomic E-state index is -4.57. The molecule has 0 unspecified atom stereocenters. The van der Waals surface area contributed by atoms with Gasteiger partial charge in [-0.05, 0) is 18.9 Å². The Hall–Kier alpha value is -1.04. The minimum Gasteiger partial charge on any atom is -0.383 e. The molecule has 0 saturated heterocycles. The third kappa shape index (κ3) is 3.00. The first-order valence-corrected chi connectivity index (χ1v) is 5.75. The average Bonchev–Trinajstić information content (AvgIpc) is 2.83. The molecule has 1 aromatic heterocycles. The topological polar surface area (TPSA) is 38.0 Å². The number of aromatic nitrogens is 2. The van der Waals surface area contributed by atoms with Gasteiger partial charge in [0.1, 0.15) is 0 Å². The third-order valence-electron chi connectivity index (χ3n) is 3.14. The van der Waals surface area contributed by atoms with Crippen LogP contribution in [0.15, 0.2) is 12.3 Å². The molecule has 96 valence electrons. The highest BCUT2D eigenvalue weighted by Gasteiger charge is 2.38. The van der Waals surface area contributed by atoms with Crippen molar-refractivity contribution in [2.24, 2.45) is 0 Å². The van der Waals surface area contributed by atoms with Crippen LogP contribution in [0.2, 0.25) is 0 Å². The Balaban J connectivity index is 1.98. The van der Waals surface area contributed by atoms with Gasteiger partial charge < -0.3 is 5.11 Å². The number of hydrogen-bond acceptors (Lipinski definition) is 2. The first-order chi connectivity index (χ1) is 7.97. The number of nitrogens with zero attached hydrogens (tertiary/aromatic N) is 2. The first kappa shape index (κ1) is 12.4. The van der Waals surface area contributed by atoms with Crippen molar-refractivity contribution in [3.63, 3.8) is 0 Å². The van der Waals surface area contributed by atoms with Gasteiger partial charge in [0.25, 0.3) is 0 Å². The lowest BCUT2D eigenvalue weighted by Crippen LogP contribution is -2.30. The Labute approximate surface area is 97.2 Å². The van der Waals surface area contributed by atoms with E-state index in [1.807, 2.05) is 0 Å². The second kappa shape index (κ2) is 4.68. The van der Waals surface area contributed by atoms with Gasteiger partial charge in [0.05, 0.1) is 11.7 Å². The molecule has 1 saturated carbocycles. The molecule has 0 radical (unpaired) electrons. The Morgan fingerprint density at radius 2 is 2.06 bits per heavy atom. The van der Waals surface area contributed by atoms with Gasteiger partial charge in [0.15, 0.2) is 6.10 Å². The monoisotopic (exact) mass is 248 g/mol. The molecule has 1 aromatic rings. The van der Waals surface area contributed by atoms with E-state index in [4.69, 9.17) is 5.11 Å². The second-order valence-electron chi connectivity index (χ2n) is 4.49. The number of hydrogen-bond donors (Lipinski definition) is 1. The predicted molar refractivity (Wildman–Crippen MR) is 55.5 cm³/mol. The average molecular weight is 248 g/mol. The summed E-state index contributed by atoms with van der Waals surface area (Å²) in [6, 6.07) is 1.86. The first-order valence-electron chi connectivity index (χ1n) is 5.75. The molecule has 0 spiro atoms. The van der Waals surface area contributed by atoms with Crippen molar-refractivity contribution in [1.82, 2.24) is 9.78 Å². The van der Waals surface area contributed by atoms with Gasteiger partial charge >= 0.3 is 6.18 Å². The zero-order valence-electron chi connectivity index (χ0n) is 9.32. The van der Waals surface area contributed by atoms with Crippen LogP contribution in [-0.4, -0.2) is 27.2 Å². The summed E-state index contributed by atoms with van der Waals surface area (Å²) in [6.07, 6.45) is -1.31. The van der Waals surface area contributed by atoms with Crippen LogP contribution in [0.3, 0.4) is 0 Å². The molecule has 1 atom stereocenters. The van der Waals surface area contributed by atoms with E-state index in [1.54, 1.807) is 16.9 Å². The van der Waals surface area contributed by atoms with Crippen molar-refractivity contribution < 1.29 is 18.3 Å². The molecule has 0 aliphatic heterocycles. The van der Waals surface area contributed by atoms with E-state index in [0.29, 0.717) is 11.7 Å². The molecule has 0 amide bonds. The van der Waals surface area contributed by atoms with E-state index in [9.17, 15) is 13.2 Å². The molecule has 1 aliphatic rings. The Kier molecular flexibility index (Phi) is 3.42. The summed E-state index contributed by atoms with van der Waals surface area (Å²) >= 11 is 0. The van der Waals surface area contributed by atoms with Crippen LogP contribution in [0.5, 0.6) is 0 Å². The zero-order valence-corrected chi connectivity index (χ0v) is 9.32. The molecule has 6 heteroatoms. The fourth-order valence-corrected chi connectivity index (χ4v) is 2.17. The Morgan fingerprint density at radius 3 is 2.65 bits per heavy atom. The maximum absolute atomic E-state index is 12.2. The van der Waals surface area contributed by atoms with Crippen LogP contribution in [0.1, 0.15) is 37.4 Å². The quantitative estimate of drug-likeness (QED) is 0.892. The van der Waals surface area contributed by atoms with E-state index in [0.717, 1.165) is 25.7 Å². The highest BCUT2D eigenvalue weighted by molar-refractivity contribution is 5.02. The number of rotatable bonds is 3. The van der Waals surface area contributed by atoms with Crippen LogP contribution in [0.25, 0.3) is 0 Å². The summed E-state index contributed by atoms with van der Waals surface area (Å²) in [5, 5.41) is 13.0. The molecule has 0 aromatic carbocycles. The fraction of sp³-hybridized carbons (Fsp3) is 0.727. The predicted octanol–water partition coefficient (Wildman–Crippen LogP) is 2.46. The Bertz CT molecular complexity index is 369. The van der Waals surface area contributed by atoms with Gasteiger partial charge in [-0.25, -0.2) is 0 Å². The van der Waals surface area contributed by atoms with E-state index in [2.05, 4.69) is 5.10 Å². The summed E-state index contributed by atoms with van der Waals surface area (Å²) in [5.74, 6) is 0.